The van der Waals surface area contributed by atoms with E-state index in [9.17, 15) is 9.59 Å². The molecule has 4 aromatic rings. The first-order valence-electron chi connectivity index (χ1n) is 9.87. The minimum atomic E-state index is -0.368. The van der Waals surface area contributed by atoms with Gasteiger partial charge in [-0.25, -0.2) is 0 Å². The van der Waals surface area contributed by atoms with Gasteiger partial charge < -0.3 is 14.6 Å². The highest BCUT2D eigenvalue weighted by atomic mass is 35.5. The molecule has 5 nitrogen and oxygen atoms in total. The summed E-state index contributed by atoms with van der Waals surface area (Å²) in [6.07, 6.45) is 1.75. The Morgan fingerprint density at radius 3 is 2.48 bits per heavy atom. The molecular weight excluding hydrogens is 435 g/mol. The Hall–Kier alpha value is -3.02. The molecule has 2 amide bonds. The highest BCUT2D eigenvalue weighted by molar-refractivity contribution is 6.39. The zero-order chi connectivity index (χ0) is 22.0. The van der Waals surface area contributed by atoms with Crippen molar-refractivity contribution in [1.82, 2.24) is 4.90 Å². The summed E-state index contributed by atoms with van der Waals surface area (Å²) in [5.74, 6) is -0.536. The van der Waals surface area contributed by atoms with E-state index in [1.165, 1.54) is 4.90 Å². The summed E-state index contributed by atoms with van der Waals surface area (Å²) >= 11 is 12.2. The zero-order valence-corrected chi connectivity index (χ0v) is 18.3. The van der Waals surface area contributed by atoms with Gasteiger partial charge in [0, 0.05) is 17.5 Å². The molecule has 0 unspecified atom stereocenters. The standard InChI is InChI=1S/C24H20Cl2N2O3/c1-2-28(13-21(29)27-24-18(25)8-5-9-19(24)26)22(30)12-16-14-31-20-11-10-15-6-3-4-7-17(15)23(16)20/h3-11,14H,2,12-13H2,1H3,(H,27,29). The Morgan fingerprint density at radius 1 is 1.00 bits per heavy atom. The molecule has 1 N–H and O–H groups in total. The third-order valence-corrected chi connectivity index (χ3v) is 5.81. The van der Waals surface area contributed by atoms with Crippen molar-refractivity contribution in [3.05, 3.63) is 76.5 Å². The van der Waals surface area contributed by atoms with Crippen molar-refractivity contribution in [3.8, 4) is 0 Å². The lowest BCUT2D eigenvalue weighted by atomic mass is 10.0. The van der Waals surface area contributed by atoms with Gasteiger partial charge in [0.25, 0.3) is 0 Å². The number of fused-ring (bicyclic) bond motifs is 3. The molecule has 7 heteroatoms. The van der Waals surface area contributed by atoms with Gasteiger partial charge in [0.1, 0.15) is 5.58 Å². The first-order chi connectivity index (χ1) is 15.0. The van der Waals surface area contributed by atoms with E-state index in [0.717, 1.165) is 27.3 Å². The maximum Gasteiger partial charge on any atom is 0.244 e. The van der Waals surface area contributed by atoms with Gasteiger partial charge in [0.2, 0.25) is 11.8 Å². The summed E-state index contributed by atoms with van der Waals surface area (Å²) in [4.78, 5) is 27.0. The summed E-state index contributed by atoms with van der Waals surface area (Å²) in [5.41, 5.74) is 1.87. The number of halogens is 2. The third kappa shape index (κ3) is 4.38. The van der Waals surface area contributed by atoms with Gasteiger partial charge in [-0.05, 0) is 35.9 Å². The number of amides is 2. The van der Waals surface area contributed by atoms with Crippen LogP contribution >= 0.6 is 23.2 Å². The lowest BCUT2D eigenvalue weighted by Gasteiger charge is -2.20. The molecule has 0 saturated heterocycles. The number of hydrogen-bond acceptors (Lipinski definition) is 3. The molecule has 3 aromatic carbocycles. The van der Waals surface area contributed by atoms with Crippen molar-refractivity contribution in [2.24, 2.45) is 0 Å². The van der Waals surface area contributed by atoms with E-state index in [1.807, 2.05) is 43.3 Å². The van der Waals surface area contributed by atoms with Gasteiger partial charge in [-0.3, -0.25) is 9.59 Å². The number of carbonyl (C=O) groups excluding carboxylic acids is 2. The second-order valence-electron chi connectivity index (χ2n) is 7.15. The quantitative estimate of drug-likeness (QED) is 0.393. The van der Waals surface area contributed by atoms with Gasteiger partial charge in [-0.15, -0.1) is 0 Å². The van der Waals surface area contributed by atoms with Crippen molar-refractivity contribution >= 4 is 62.4 Å². The van der Waals surface area contributed by atoms with Gasteiger partial charge in [-0.2, -0.15) is 0 Å². The van der Waals surface area contributed by atoms with Crippen LogP contribution in [-0.2, 0) is 16.0 Å². The number of hydrogen-bond donors (Lipinski definition) is 1. The number of nitrogens with one attached hydrogen (secondary N) is 1. The molecule has 0 atom stereocenters. The molecule has 0 saturated carbocycles. The molecule has 0 aliphatic rings. The highest BCUT2D eigenvalue weighted by Gasteiger charge is 2.20. The fourth-order valence-electron chi connectivity index (χ4n) is 3.63. The van der Waals surface area contributed by atoms with E-state index in [-0.39, 0.29) is 24.8 Å². The van der Waals surface area contributed by atoms with E-state index < -0.39 is 0 Å². The summed E-state index contributed by atoms with van der Waals surface area (Å²) in [6.45, 7) is 2.11. The SMILES string of the molecule is CCN(CC(=O)Nc1c(Cl)cccc1Cl)C(=O)Cc1coc2ccc3ccccc3c12. The van der Waals surface area contributed by atoms with Crippen LogP contribution in [-0.4, -0.2) is 29.8 Å². The van der Waals surface area contributed by atoms with Crippen LogP contribution in [0.2, 0.25) is 10.0 Å². The molecule has 0 spiro atoms. The predicted molar refractivity (Wildman–Crippen MR) is 125 cm³/mol. The van der Waals surface area contributed by atoms with E-state index in [0.29, 0.717) is 22.3 Å². The van der Waals surface area contributed by atoms with E-state index in [4.69, 9.17) is 27.6 Å². The van der Waals surface area contributed by atoms with Crippen molar-refractivity contribution in [2.75, 3.05) is 18.4 Å². The molecule has 0 fully saturated rings. The number of anilines is 1. The van der Waals surface area contributed by atoms with Crippen LogP contribution in [0.15, 0.2) is 65.3 Å². The smallest absolute Gasteiger partial charge is 0.244 e. The number of likely N-dealkylation sites (N-methyl/N-ethyl adjacent to an activating group) is 1. The van der Waals surface area contributed by atoms with E-state index >= 15 is 0 Å². The minimum absolute atomic E-state index is 0.104. The molecule has 0 radical (unpaired) electrons. The number of nitrogens with zero attached hydrogens (tertiary/aromatic N) is 1. The molecular formula is C24H20Cl2N2O3. The van der Waals surface area contributed by atoms with Crippen LogP contribution in [0, 0.1) is 0 Å². The topological polar surface area (TPSA) is 62.6 Å². The fraction of sp³-hybridized carbons (Fsp3) is 0.167. The monoisotopic (exact) mass is 454 g/mol. The fourth-order valence-corrected chi connectivity index (χ4v) is 4.12. The lowest BCUT2D eigenvalue weighted by molar-refractivity contribution is -0.133. The summed E-state index contributed by atoms with van der Waals surface area (Å²) < 4.78 is 5.68. The number of carbonyl (C=O) groups is 2. The zero-order valence-electron chi connectivity index (χ0n) is 16.8. The Morgan fingerprint density at radius 2 is 1.74 bits per heavy atom. The molecule has 158 valence electrons. The molecule has 31 heavy (non-hydrogen) atoms. The second kappa shape index (κ2) is 9.00. The number of furan rings is 1. The highest BCUT2D eigenvalue weighted by Crippen LogP contribution is 2.31. The second-order valence-corrected chi connectivity index (χ2v) is 7.96. The third-order valence-electron chi connectivity index (χ3n) is 5.18. The largest absolute Gasteiger partial charge is 0.464 e. The first kappa shape index (κ1) is 21.2. The number of benzene rings is 3. The Kier molecular flexibility index (Phi) is 6.16. The molecule has 1 heterocycles. The lowest BCUT2D eigenvalue weighted by Crippen LogP contribution is -2.38. The number of rotatable bonds is 6. The van der Waals surface area contributed by atoms with Gasteiger partial charge in [0.05, 0.1) is 35.0 Å². The number of para-hydroxylation sites is 1. The van der Waals surface area contributed by atoms with Gasteiger partial charge in [0.15, 0.2) is 0 Å². The van der Waals surface area contributed by atoms with Crippen LogP contribution < -0.4 is 5.32 Å². The van der Waals surface area contributed by atoms with E-state index in [2.05, 4.69) is 5.32 Å². The minimum Gasteiger partial charge on any atom is -0.464 e. The summed E-state index contributed by atoms with van der Waals surface area (Å²) in [7, 11) is 0. The molecule has 0 aliphatic carbocycles. The predicted octanol–water partition coefficient (Wildman–Crippen LogP) is 5.92. The summed E-state index contributed by atoms with van der Waals surface area (Å²) in [6, 6.07) is 16.8. The van der Waals surface area contributed by atoms with Gasteiger partial charge in [-0.1, -0.05) is 59.6 Å². The van der Waals surface area contributed by atoms with Crippen LogP contribution in [0.3, 0.4) is 0 Å². The molecule has 1 aromatic heterocycles. The van der Waals surface area contributed by atoms with Crippen molar-refractivity contribution in [3.63, 3.8) is 0 Å². The van der Waals surface area contributed by atoms with Crippen LogP contribution in [0.5, 0.6) is 0 Å². The maximum absolute atomic E-state index is 13.0. The van der Waals surface area contributed by atoms with Gasteiger partial charge >= 0.3 is 0 Å². The first-order valence-corrected chi connectivity index (χ1v) is 10.6. The Bertz CT molecular complexity index is 1260. The molecule has 0 bridgehead atoms. The maximum atomic E-state index is 13.0. The molecule has 0 aliphatic heterocycles. The molecule has 4 rings (SSSR count). The van der Waals surface area contributed by atoms with Crippen LogP contribution in [0.25, 0.3) is 21.7 Å². The normalized spacial score (nSPS) is 11.1. The average Bonchev–Trinajstić information content (AvgIpc) is 3.18. The van der Waals surface area contributed by atoms with Crippen molar-refractivity contribution in [1.29, 1.82) is 0 Å². The van der Waals surface area contributed by atoms with Crippen LogP contribution in [0.1, 0.15) is 12.5 Å². The van der Waals surface area contributed by atoms with Crippen LogP contribution in [0.4, 0.5) is 5.69 Å². The average molecular weight is 455 g/mol. The van der Waals surface area contributed by atoms with Crippen molar-refractivity contribution < 1.29 is 14.0 Å². The summed E-state index contributed by atoms with van der Waals surface area (Å²) in [5, 5.41) is 6.41. The van der Waals surface area contributed by atoms with Crippen molar-refractivity contribution in [2.45, 2.75) is 13.3 Å². The Balaban J connectivity index is 1.52. The Labute approximate surface area is 189 Å². The van der Waals surface area contributed by atoms with E-state index in [1.54, 1.807) is 24.5 Å².